The lowest BCUT2D eigenvalue weighted by Gasteiger charge is -2.31. The van der Waals surface area contributed by atoms with E-state index in [1.165, 1.54) is 16.4 Å². The number of thiol groups is 1. The van der Waals surface area contributed by atoms with Gasteiger partial charge in [0.05, 0.1) is 17.0 Å². The van der Waals surface area contributed by atoms with E-state index in [0.717, 1.165) is 5.56 Å². The van der Waals surface area contributed by atoms with E-state index in [2.05, 4.69) is 17.9 Å². The summed E-state index contributed by atoms with van der Waals surface area (Å²) in [5, 5.41) is 14.1. The van der Waals surface area contributed by atoms with Gasteiger partial charge in [-0.1, -0.05) is 51.1 Å². The molecule has 0 aliphatic carbocycles. The summed E-state index contributed by atoms with van der Waals surface area (Å²) in [6.45, 7) is 5.63. The molecule has 10 heteroatoms. The molecule has 0 radical (unpaired) electrons. The Balaban J connectivity index is 1.86. The maximum atomic E-state index is 13.6. The lowest BCUT2D eigenvalue weighted by Crippen LogP contribution is -2.52. The normalized spacial score (nSPS) is 15.7. The molecule has 192 valence electrons. The van der Waals surface area contributed by atoms with Crippen molar-refractivity contribution in [2.24, 2.45) is 11.8 Å². The molecule has 1 amide bonds. The number of hydrogen-bond acceptors (Lipinski definition) is 7. The Hall–Kier alpha value is -2.27. The zero-order valence-corrected chi connectivity index (χ0v) is 22.0. The minimum absolute atomic E-state index is 0.0114. The van der Waals surface area contributed by atoms with Crippen molar-refractivity contribution < 1.29 is 27.8 Å². The van der Waals surface area contributed by atoms with E-state index in [9.17, 15) is 18.3 Å². The molecule has 1 aliphatic heterocycles. The summed E-state index contributed by atoms with van der Waals surface area (Å²) in [5.41, 5.74) is 0.921. The first kappa shape index (κ1) is 27.3. The number of nitrogens with one attached hydrogen (secondary N) is 1. The largest absolute Gasteiger partial charge is 0.454 e. The highest BCUT2D eigenvalue weighted by Gasteiger charge is 2.32. The quantitative estimate of drug-likeness (QED) is 0.370. The van der Waals surface area contributed by atoms with E-state index < -0.39 is 22.2 Å². The smallest absolute Gasteiger partial charge is 0.243 e. The number of fused-ring (bicyclic) bond motifs is 1. The number of benzene rings is 2. The molecule has 8 nitrogen and oxygen atoms in total. The van der Waals surface area contributed by atoms with Crippen LogP contribution >= 0.6 is 12.6 Å². The summed E-state index contributed by atoms with van der Waals surface area (Å²) in [6, 6.07) is 13.3. The monoisotopic (exact) mass is 522 g/mol. The topological polar surface area (TPSA) is 105 Å². The van der Waals surface area contributed by atoms with Crippen molar-refractivity contribution in [3.63, 3.8) is 0 Å². The van der Waals surface area contributed by atoms with Crippen molar-refractivity contribution in [1.82, 2.24) is 9.62 Å². The second-order valence-corrected chi connectivity index (χ2v) is 11.5. The third-order valence-electron chi connectivity index (χ3n) is 5.75. The van der Waals surface area contributed by atoms with Crippen molar-refractivity contribution in [2.75, 3.05) is 25.6 Å². The number of hydrogen-bond donors (Lipinski definition) is 3. The maximum absolute atomic E-state index is 13.6. The van der Waals surface area contributed by atoms with Crippen LogP contribution in [0.25, 0.3) is 0 Å². The minimum Gasteiger partial charge on any atom is -0.454 e. The van der Waals surface area contributed by atoms with Gasteiger partial charge in [0.2, 0.25) is 22.7 Å². The second kappa shape index (κ2) is 12.1. The summed E-state index contributed by atoms with van der Waals surface area (Å²) in [5.74, 6) is 0.631. The van der Waals surface area contributed by atoms with Crippen LogP contribution in [0.3, 0.4) is 0 Å². The lowest BCUT2D eigenvalue weighted by molar-refractivity contribution is -0.125. The van der Waals surface area contributed by atoms with Gasteiger partial charge in [-0.3, -0.25) is 4.79 Å². The molecule has 2 aromatic rings. The average Bonchev–Trinajstić information content (AvgIpc) is 3.31. The van der Waals surface area contributed by atoms with E-state index in [-0.39, 0.29) is 42.5 Å². The third kappa shape index (κ3) is 7.13. The van der Waals surface area contributed by atoms with Crippen LogP contribution in [-0.2, 0) is 21.2 Å². The lowest BCUT2D eigenvalue weighted by atomic mass is 10.00. The molecule has 3 atom stereocenters. The number of sulfonamides is 1. The van der Waals surface area contributed by atoms with Gasteiger partial charge in [-0.25, -0.2) is 8.42 Å². The van der Waals surface area contributed by atoms with Crippen LogP contribution in [0.4, 0.5) is 0 Å². The molecule has 35 heavy (non-hydrogen) atoms. The maximum Gasteiger partial charge on any atom is 0.243 e. The molecular formula is C25H34N2O6S2. The Morgan fingerprint density at radius 3 is 2.43 bits per heavy atom. The average molecular weight is 523 g/mol. The Labute approximate surface area is 213 Å². The summed E-state index contributed by atoms with van der Waals surface area (Å²) in [4.78, 5) is 12.7. The molecule has 2 N–H and O–H groups in total. The first-order valence-corrected chi connectivity index (χ1v) is 13.7. The van der Waals surface area contributed by atoms with E-state index in [1.54, 1.807) is 13.0 Å². The third-order valence-corrected chi connectivity index (χ3v) is 8.13. The number of carbonyl (C=O) groups excluding carboxylic acids is 1. The molecule has 2 aromatic carbocycles. The van der Waals surface area contributed by atoms with Gasteiger partial charge in [-0.05, 0) is 30.0 Å². The zero-order chi connectivity index (χ0) is 25.6. The SMILES string of the molecule is CC(C)CN(CC(O)C(Cc1ccccc1)NC(=O)C(C)CS)S(=O)(=O)c1ccc2c(c1)OCO2. The Morgan fingerprint density at radius 1 is 1.09 bits per heavy atom. The van der Waals surface area contributed by atoms with Crippen LogP contribution in [0.2, 0.25) is 0 Å². The van der Waals surface area contributed by atoms with Crippen molar-refractivity contribution in [1.29, 1.82) is 0 Å². The van der Waals surface area contributed by atoms with Crippen molar-refractivity contribution in [3.05, 3.63) is 54.1 Å². The van der Waals surface area contributed by atoms with Crippen LogP contribution < -0.4 is 14.8 Å². The molecule has 0 spiro atoms. The number of amides is 1. The number of carbonyl (C=O) groups is 1. The number of aliphatic hydroxyl groups excluding tert-OH is 1. The van der Waals surface area contributed by atoms with Crippen LogP contribution in [0.1, 0.15) is 26.3 Å². The predicted molar refractivity (Wildman–Crippen MR) is 137 cm³/mol. The number of aliphatic hydroxyl groups is 1. The Bertz CT molecular complexity index is 1090. The molecular weight excluding hydrogens is 488 g/mol. The van der Waals surface area contributed by atoms with Gasteiger partial charge < -0.3 is 19.9 Å². The van der Waals surface area contributed by atoms with E-state index in [0.29, 0.717) is 23.7 Å². The zero-order valence-electron chi connectivity index (χ0n) is 20.3. The highest BCUT2D eigenvalue weighted by molar-refractivity contribution is 7.89. The van der Waals surface area contributed by atoms with E-state index in [4.69, 9.17) is 9.47 Å². The fourth-order valence-electron chi connectivity index (χ4n) is 3.76. The van der Waals surface area contributed by atoms with Gasteiger partial charge in [0.1, 0.15) is 0 Å². The molecule has 0 fully saturated rings. The highest BCUT2D eigenvalue weighted by Crippen LogP contribution is 2.34. The number of ether oxygens (including phenoxy) is 2. The minimum atomic E-state index is -3.96. The van der Waals surface area contributed by atoms with Crippen LogP contribution in [-0.4, -0.2) is 61.5 Å². The molecule has 1 heterocycles. The van der Waals surface area contributed by atoms with Crippen molar-refractivity contribution >= 4 is 28.6 Å². The fourth-order valence-corrected chi connectivity index (χ4v) is 5.56. The van der Waals surface area contributed by atoms with Gasteiger partial charge in [-0.2, -0.15) is 16.9 Å². The Morgan fingerprint density at radius 2 is 1.77 bits per heavy atom. The first-order valence-electron chi connectivity index (χ1n) is 11.6. The van der Waals surface area contributed by atoms with Gasteiger partial charge >= 0.3 is 0 Å². The van der Waals surface area contributed by atoms with Gasteiger partial charge in [-0.15, -0.1) is 0 Å². The molecule has 0 saturated heterocycles. The summed E-state index contributed by atoms with van der Waals surface area (Å²) < 4.78 is 39.1. The van der Waals surface area contributed by atoms with Crippen LogP contribution in [0.5, 0.6) is 11.5 Å². The predicted octanol–water partition coefficient (Wildman–Crippen LogP) is 2.72. The van der Waals surface area contributed by atoms with Crippen LogP contribution in [0, 0.1) is 11.8 Å². The molecule has 0 aromatic heterocycles. The number of nitrogens with zero attached hydrogens (tertiary/aromatic N) is 1. The van der Waals surface area contributed by atoms with Gasteiger partial charge in [0.25, 0.3) is 0 Å². The molecule has 1 aliphatic rings. The highest BCUT2D eigenvalue weighted by atomic mass is 32.2. The van der Waals surface area contributed by atoms with E-state index in [1.807, 2.05) is 44.2 Å². The van der Waals surface area contributed by atoms with Gasteiger partial charge in [0.15, 0.2) is 11.5 Å². The molecule has 3 unspecified atom stereocenters. The van der Waals surface area contributed by atoms with Crippen molar-refractivity contribution in [2.45, 2.75) is 44.2 Å². The second-order valence-electron chi connectivity index (χ2n) is 9.19. The molecule has 3 rings (SSSR count). The summed E-state index contributed by atoms with van der Waals surface area (Å²) in [6.07, 6.45) is -0.791. The molecule has 0 bridgehead atoms. The fraction of sp³-hybridized carbons (Fsp3) is 0.480. The van der Waals surface area contributed by atoms with Crippen LogP contribution in [0.15, 0.2) is 53.4 Å². The standard InChI is InChI=1S/C25H34N2O6S2/c1-17(2)13-27(35(30,31)20-9-10-23-24(12-20)33-16-32-23)14-22(28)21(26-25(29)18(3)15-34)11-19-7-5-4-6-8-19/h4-10,12,17-18,21-22,28,34H,11,13-16H2,1-3H3,(H,26,29). The first-order chi connectivity index (χ1) is 16.6. The summed E-state index contributed by atoms with van der Waals surface area (Å²) >= 11 is 4.20. The summed E-state index contributed by atoms with van der Waals surface area (Å²) in [7, 11) is -3.96. The number of rotatable bonds is 12. The van der Waals surface area contributed by atoms with Crippen molar-refractivity contribution in [3.8, 4) is 11.5 Å². The van der Waals surface area contributed by atoms with E-state index >= 15 is 0 Å². The van der Waals surface area contributed by atoms with Gasteiger partial charge in [0, 0.05) is 30.8 Å². The Kier molecular flexibility index (Phi) is 9.46. The molecule has 0 saturated carbocycles.